The number of aliphatic hydroxyl groups is 5. The van der Waals surface area contributed by atoms with Crippen LogP contribution in [0.1, 0.15) is 52.5 Å². The molecule has 0 aliphatic carbocycles. The number of hydrogen-bond acceptors (Lipinski definition) is 12. The van der Waals surface area contributed by atoms with E-state index in [0.717, 1.165) is 0 Å². The first kappa shape index (κ1) is 51.5. The SMILES string of the molecule is CCOC(=O)OCC1OC(c2ccc(Cl)c(Cc3ccc(OC(F)(F)F)cc3)c2)C(O)C(O)C1F.OCC1OC(c2ccc(Cl)c(Cc3ccc(OC(F)(F)F)cc3)c2)C(O)C(O)C1F. The van der Waals surface area contributed by atoms with Gasteiger partial charge in [-0.05, 0) is 89.5 Å². The van der Waals surface area contributed by atoms with Gasteiger partial charge in [0.15, 0.2) is 12.3 Å². The van der Waals surface area contributed by atoms with Crippen molar-refractivity contribution in [2.24, 2.45) is 0 Å². The van der Waals surface area contributed by atoms with Gasteiger partial charge in [-0.1, -0.05) is 71.7 Å². The summed E-state index contributed by atoms with van der Waals surface area (Å²) in [7, 11) is 0. The second kappa shape index (κ2) is 22.3. The first-order chi connectivity index (χ1) is 30.6. The second-order valence-corrected chi connectivity index (χ2v) is 15.5. The van der Waals surface area contributed by atoms with Gasteiger partial charge in [0.2, 0.25) is 0 Å². The Balaban J connectivity index is 0.000000247. The van der Waals surface area contributed by atoms with E-state index in [9.17, 15) is 65.5 Å². The van der Waals surface area contributed by atoms with E-state index in [1.54, 1.807) is 25.1 Å². The fraction of sp³-hybridized carbons (Fsp3) is 0.419. The summed E-state index contributed by atoms with van der Waals surface area (Å²) in [6, 6.07) is 19.8. The third-order valence-electron chi connectivity index (χ3n) is 10.0. The minimum absolute atomic E-state index is 0.0546. The van der Waals surface area contributed by atoms with Crippen molar-refractivity contribution in [2.45, 2.75) is 93.7 Å². The van der Waals surface area contributed by atoms with Crippen molar-refractivity contribution in [3.63, 3.8) is 0 Å². The number of rotatable bonds is 12. The molecular formula is C43H42Cl2F8O12. The molecule has 10 unspecified atom stereocenters. The van der Waals surface area contributed by atoms with Gasteiger partial charge in [0, 0.05) is 10.0 Å². The van der Waals surface area contributed by atoms with Crippen LogP contribution in [0.2, 0.25) is 10.0 Å². The molecule has 10 atom stereocenters. The average Bonchev–Trinajstić information content (AvgIpc) is 3.24. The van der Waals surface area contributed by atoms with Crippen molar-refractivity contribution in [1.82, 2.24) is 0 Å². The van der Waals surface area contributed by atoms with Gasteiger partial charge >= 0.3 is 18.9 Å². The smallest absolute Gasteiger partial charge is 0.435 e. The summed E-state index contributed by atoms with van der Waals surface area (Å²) in [5.41, 5.74) is 3.15. The maximum Gasteiger partial charge on any atom is 0.573 e. The number of carbonyl (C=O) groups excluding carboxylic acids is 1. The van der Waals surface area contributed by atoms with Crippen molar-refractivity contribution in [3.8, 4) is 11.5 Å². The summed E-state index contributed by atoms with van der Waals surface area (Å²) in [4.78, 5) is 11.4. The third-order valence-corrected chi connectivity index (χ3v) is 10.8. The predicted octanol–water partition coefficient (Wildman–Crippen LogP) is 7.82. The van der Waals surface area contributed by atoms with Crippen molar-refractivity contribution in [2.75, 3.05) is 19.8 Å². The highest BCUT2D eigenvalue weighted by Gasteiger charge is 2.47. The largest absolute Gasteiger partial charge is 0.573 e. The summed E-state index contributed by atoms with van der Waals surface area (Å²) in [6.07, 6.45) is -25.8. The minimum Gasteiger partial charge on any atom is -0.435 e. The Morgan fingerprint density at radius 1 is 0.615 bits per heavy atom. The van der Waals surface area contributed by atoms with Gasteiger partial charge in [-0.25, -0.2) is 13.6 Å². The second-order valence-electron chi connectivity index (χ2n) is 14.7. The van der Waals surface area contributed by atoms with Crippen LogP contribution in [0.15, 0.2) is 84.9 Å². The Morgan fingerprint density at radius 2 is 1.02 bits per heavy atom. The molecule has 0 bridgehead atoms. The van der Waals surface area contributed by atoms with Crippen LogP contribution < -0.4 is 9.47 Å². The van der Waals surface area contributed by atoms with E-state index in [1.807, 2.05) is 0 Å². The van der Waals surface area contributed by atoms with Crippen molar-refractivity contribution >= 4 is 29.4 Å². The highest BCUT2D eigenvalue weighted by atomic mass is 35.5. The van der Waals surface area contributed by atoms with E-state index < -0.39 is 93.3 Å². The number of alkyl halides is 8. The number of hydrogen-bond donors (Lipinski definition) is 5. The molecule has 4 aromatic rings. The maximum absolute atomic E-state index is 14.5. The van der Waals surface area contributed by atoms with Crippen LogP contribution in [0.4, 0.5) is 39.9 Å². The summed E-state index contributed by atoms with van der Waals surface area (Å²) >= 11 is 12.5. The Bertz CT molecular complexity index is 2160. The zero-order valence-corrected chi connectivity index (χ0v) is 35.3. The van der Waals surface area contributed by atoms with Gasteiger partial charge in [-0.15, -0.1) is 26.3 Å². The molecule has 4 aromatic carbocycles. The summed E-state index contributed by atoms with van der Waals surface area (Å²) in [5.74, 6) is -0.722. The lowest BCUT2D eigenvalue weighted by Gasteiger charge is -2.39. The lowest BCUT2D eigenvalue weighted by atomic mass is 9.90. The topological polar surface area (TPSA) is 174 Å². The molecule has 22 heteroatoms. The zero-order valence-electron chi connectivity index (χ0n) is 33.8. The fourth-order valence-electron chi connectivity index (χ4n) is 6.87. The number of benzene rings is 4. The molecule has 0 amide bonds. The zero-order chi connectivity index (χ0) is 47.8. The molecule has 6 rings (SSSR count). The molecule has 0 aromatic heterocycles. The predicted molar refractivity (Wildman–Crippen MR) is 214 cm³/mol. The Kier molecular flexibility index (Phi) is 17.7. The number of carbonyl (C=O) groups is 1. The summed E-state index contributed by atoms with van der Waals surface area (Å²) in [5, 5.41) is 50.7. The number of halogens is 10. The average molecular weight is 974 g/mol. The van der Waals surface area contributed by atoms with Crippen LogP contribution >= 0.6 is 23.2 Å². The van der Waals surface area contributed by atoms with Gasteiger partial charge in [-0.3, -0.25) is 0 Å². The quantitative estimate of drug-likeness (QED) is 0.0690. The molecule has 0 spiro atoms. The van der Waals surface area contributed by atoms with E-state index in [1.165, 1.54) is 66.7 Å². The van der Waals surface area contributed by atoms with Gasteiger partial charge in [0.25, 0.3) is 0 Å². The lowest BCUT2D eigenvalue weighted by molar-refractivity contribution is -0.275. The standard InChI is InChI=1S/C23H23ClF4O7.C20H19ClF4O5/c1-2-32-22(31)33-11-17-18(25)19(29)20(30)21(34-17)13-5-8-16(24)14(10-13)9-12-3-6-15(7-4-12)35-23(26,27)28;21-14-6-3-11(19-18(28)17(27)16(22)15(9-26)29-19)8-12(14)7-10-1-4-13(5-2-10)30-20(23,24)25/h3-8,10,17-21,29-30H,2,9,11H2,1H3;1-6,8,15-19,26-28H,7,9H2. The van der Waals surface area contributed by atoms with Crippen LogP contribution in [0, 0.1) is 0 Å². The van der Waals surface area contributed by atoms with E-state index in [-0.39, 0.29) is 30.9 Å². The number of ether oxygens (including phenoxy) is 6. The molecule has 5 N–H and O–H groups in total. The maximum atomic E-state index is 14.5. The molecule has 2 aliphatic heterocycles. The highest BCUT2D eigenvalue weighted by molar-refractivity contribution is 6.31. The Hall–Kier alpha value is -4.51. The summed E-state index contributed by atoms with van der Waals surface area (Å²) < 4.78 is 130. The Labute approximate surface area is 375 Å². The molecule has 2 heterocycles. The van der Waals surface area contributed by atoms with Crippen LogP contribution in [0.3, 0.4) is 0 Å². The van der Waals surface area contributed by atoms with Crippen molar-refractivity contribution in [3.05, 3.63) is 128 Å². The molecule has 0 radical (unpaired) electrons. The lowest BCUT2D eigenvalue weighted by Crippen LogP contribution is -2.53. The van der Waals surface area contributed by atoms with Crippen LogP contribution in [0.5, 0.6) is 11.5 Å². The van der Waals surface area contributed by atoms with E-state index >= 15 is 0 Å². The molecule has 65 heavy (non-hydrogen) atoms. The van der Waals surface area contributed by atoms with Crippen LogP contribution in [-0.2, 0) is 31.8 Å². The highest BCUT2D eigenvalue weighted by Crippen LogP contribution is 2.38. The molecule has 2 saturated heterocycles. The third kappa shape index (κ3) is 14.2. The van der Waals surface area contributed by atoms with E-state index in [0.29, 0.717) is 43.4 Å². The monoisotopic (exact) mass is 972 g/mol. The van der Waals surface area contributed by atoms with Gasteiger partial charge < -0.3 is 54.0 Å². The first-order valence-electron chi connectivity index (χ1n) is 19.5. The molecule has 2 aliphatic rings. The minimum atomic E-state index is -4.80. The van der Waals surface area contributed by atoms with Gasteiger partial charge in [-0.2, -0.15) is 0 Å². The van der Waals surface area contributed by atoms with E-state index in [4.69, 9.17) is 37.4 Å². The van der Waals surface area contributed by atoms with E-state index in [2.05, 4.69) is 14.2 Å². The normalized spacial score (nSPS) is 25.8. The molecule has 12 nitrogen and oxygen atoms in total. The first-order valence-corrected chi connectivity index (χ1v) is 20.3. The molecular weight excluding hydrogens is 931 g/mol. The van der Waals surface area contributed by atoms with Gasteiger partial charge in [0.05, 0.1) is 13.2 Å². The molecule has 0 saturated carbocycles. The molecule has 2 fully saturated rings. The molecule has 356 valence electrons. The van der Waals surface area contributed by atoms with Crippen molar-refractivity contribution in [1.29, 1.82) is 0 Å². The van der Waals surface area contributed by atoms with Crippen LogP contribution in [0.25, 0.3) is 0 Å². The fourth-order valence-corrected chi connectivity index (χ4v) is 7.24. The number of aliphatic hydroxyl groups excluding tert-OH is 5. The van der Waals surface area contributed by atoms with Gasteiger partial charge in [0.1, 0.15) is 66.9 Å². The van der Waals surface area contributed by atoms with Crippen LogP contribution in [-0.4, -0.2) is 113 Å². The van der Waals surface area contributed by atoms with Crippen molar-refractivity contribution < 1.29 is 93.9 Å². The summed E-state index contributed by atoms with van der Waals surface area (Å²) in [6.45, 7) is 0.398. The Morgan fingerprint density at radius 3 is 1.40 bits per heavy atom.